The number of nitrogens with two attached hydrogens (primary N) is 3. The van der Waals surface area contributed by atoms with E-state index in [9.17, 15) is 67.7 Å². The van der Waals surface area contributed by atoms with Gasteiger partial charge in [0.2, 0.25) is 65.0 Å². The van der Waals surface area contributed by atoms with Crippen molar-refractivity contribution in [1.82, 2.24) is 63.1 Å². The normalized spacial score (nSPS) is 24.8. The third kappa shape index (κ3) is 28.1. The van der Waals surface area contributed by atoms with E-state index in [4.69, 9.17) is 21.9 Å². The fourth-order valence-corrected chi connectivity index (χ4v) is 8.50. The van der Waals surface area contributed by atoms with Crippen molar-refractivity contribution in [3.05, 3.63) is 18.2 Å². The molecule has 0 bridgehead atoms. The summed E-state index contributed by atoms with van der Waals surface area (Å²) < 4.78 is 5.19. The Labute approximate surface area is 482 Å². The topological polar surface area (TPSA) is 494 Å². The predicted octanol–water partition coefficient (Wildman–Crippen LogP) is -4.28. The summed E-state index contributed by atoms with van der Waals surface area (Å²) in [4.78, 5) is 174. The first-order chi connectivity index (χ1) is 39.1. The lowest BCUT2D eigenvalue weighted by atomic mass is 10.0. The maximum atomic E-state index is 14.2. The minimum atomic E-state index is -1.65. The quantitative estimate of drug-likeness (QED) is 0.0354. The maximum Gasteiger partial charge on any atom is 0.303 e. The number of hydrogen-bond acceptors (Lipinski definition) is 16. The van der Waals surface area contributed by atoms with Crippen LogP contribution in [0.5, 0.6) is 0 Å². The van der Waals surface area contributed by atoms with Gasteiger partial charge < -0.3 is 90.3 Å². The van der Waals surface area contributed by atoms with Crippen LogP contribution in [0.2, 0.25) is 0 Å². The summed E-state index contributed by atoms with van der Waals surface area (Å²) in [6.07, 6.45) is 0.529. The van der Waals surface area contributed by atoms with Gasteiger partial charge in [0.15, 0.2) is 5.96 Å². The van der Waals surface area contributed by atoms with Crippen molar-refractivity contribution in [3.8, 4) is 0 Å². The fourth-order valence-electron chi connectivity index (χ4n) is 8.50. The minimum Gasteiger partial charge on any atom is -0.481 e. The molecular weight excluding hydrogens is 1090 g/mol. The van der Waals surface area contributed by atoms with Crippen LogP contribution in [0.25, 0.3) is 0 Å². The molecule has 1 aliphatic heterocycles. The van der Waals surface area contributed by atoms with Gasteiger partial charge in [0.1, 0.15) is 54.4 Å². The van der Waals surface area contributed by atoms with Crippen LogP contribution < -0.4 is 70.4 Å². The number of imidazole rings is 1. The number of nitrogens with one attached hydrogen (secondary N) is 11. The van der Waals surface area contributed by atoms with E-state index in [1.807, 2.05) is 13.8 Å². The monoisotopic (exact) mass is 1180 g/mol. The van der Waals surface area contributed by atoms with Crippen molar-refractivity contribution in [2.45, 2.75) is 192 Å². The summed E-state index contributed by atoms with van der Waals surface area (Å²) >= 11 is 0. The van der Waals surface area contributed by atoms with Gasteiger partial charge in [-0.15, -0.1) is 0 Å². The van der Waals surface area contributed by atoms with Crippen LogP contribution >= 0.6 is 0 Å². The Hall–Kier alpha value is -7.96. The fraction of sp³-hybridized carbons (Fsp3) is 0.692. The van der Waals surface area contributed by atoms with Crippen LogP contribution in [0.15, 0.2) is 17.5 Å². The van der Waals surface area contributed by atoms with Crippen LogP contribution in [-0.4, -0.2) is 184 Å². The second kappa shape index (κ2) is 37.2. The summed E-state index contributed by atoms with van der Waals surface area (Å²) in [6, 6.07) is -13.2. The average molecular weight is 1180 g/mol. The zero-order valence-corrected chi connectivity index (χ0v) is 48.4. The highest BCUT2D eigenvalue weighted by molar-refractivity contribution is 5.99. The van der Waals surface area contributed by atoms with E-state index in [0.29, 0.717) is 31.4 Å². The molecule has 83 heavy (non-hydrogen) atoms. The minimum absolute atomic E-state index is 0.00398. The number of carboxylic acid groups (broad SMARTS) is 1. The number of primary amides is 1. The highest BCUT2D eigenvalue weighted by atomic mass is 16.5. The van der Waals surface area contributed by atoms with Crippen molar-refractivity contribution >= 4 is 76.9 Å². The maximum absolute atomic E-state index is 14.2. The molecule has 1 aromatic rings. The van der Waals surface area contributed by atoms with Crippen LogP contribution in [-0.2, 0) is 68.7 Å². The molecule has 0 saturated carbocycles. The third-order valence-corrected chi connectivity index (χ3v) is 12.9. The average Bonchev–Trinajstić information content (AvgIpc) is 3.95. The van der Waals surface area contributed by atoms with E-state index in [-0.39, 0.29) is 82.4 Å². The summed E-state index contributed by atoms with van der Waals surface area (Å²) in [5.41, 5.74) is 16.9. The van der Waals surface area contributed by atoms with Gasteiger partial charge in [0.25, 0.3) is 0 Å². The molecule has 466 valence electrons. The molecule has 0 radical (unpaired) electrons. The van der Waals surface area contributed by atoms with Crippen LogP contribution in [0.1, 0.15) is 131 Å². The van der Waals surface area contributed by atoms with E-state index in [2.05, 4.69) is 68.1 Å². The van der Waals surface area contributed by atoms with Gasteiger partial charge in [0.05, 0.1) is 18.9 Å². The van der Waals surface area contributed by atoms with Crippen molar-refractivity contribution in [2.75, 3.05) is 26.8 Å². The van der Waals surface area contributed by atoms with Crippen molar-refractivity contribution in [3.63, 3.8) is 0 Å². The van der Waals surface area contributed by atoms with Gasteiger partial charge in [-0.3, -0.25) is 62.5 Å². The lowest BCUT2D eigenvalue weighted by Gasteiger charge is -2.28. The molecule has 0 aromatic carbocycles. The standard InChI is InChI=1S/C52H88N16O15/c1-27(2)21-35-44(75)57-18-11-9-8-10-14-40(71)68-42(30(6)69)51(82)63-33(15-16-41(72)73)47(78)61-32(13-12-19-58-52(54)55)46(77)62-34(17-20-83-7)45(76)60-29(5)43(74)64-36(22-28(3)4)48(79)66-37(23-31-25-56-26-59-31)49(80)67-38(24-39(53)70)50(81)65-35/h25-30,32-38,42,69H,8-24H2,1-7H3,(H2,53,70)(H,56,59)(H,57,75)(H,60,76)(H,61,78)(H,62,77)(H,63,82)(H,64,74)(H,65,81)(H,66,79)(H,67,80)(H,68,71)(H,72,73)(H4,54,55,58)/t29-,30+,32-,33-,34-,35-,36-,37-,38-,42-/m0/s1. The molecule has 31 heteroatoms. The van der Waals surface area contributed by atoms with Gasteiger partial charge in [0, 0.05) is 58.0 Å². The Kier molecular flexibility index (Phi) is 31.9. The van der Waals surface area contributed by atoms with E-state index in [0.717, 1.165) is 0 Å². The second-order valence-corrected chi connectivity index (χ2v) is 21.3. The first-order valence-electron chi connectivity index (χ1n) is 27.8. The van der Waals surface area contributed by atoms with Crippen molar-refractivity contribution in [1.29, 1.82) is 0 Å². The largest absolute Gasteiger partial charge is 0.481 e. The smallest absolute Gasteiger partial charge is 0.303 e. The molecule has 2 rings (SSSR count). The number of aliphatic imine (C=N–C) groups is 1. The number of rotatable bonds is 19. The Bertz CT molecular complexity index is 2370. The highest BCUT2D eigenvalue weighted by Gasteiger charge is 2.36. The molecule has 0 spiro atoms. The molecule has 1 aromatic heterocycles. The number of aliphatic carboxylic acids is 1. The summed E-state index contributed by atoms with van der Waals surface area (Å²) in [5, 5.41) is 45.7. The van der Waals surface area contributed by atoms with Gasteiger partial charge >= 0.3 is 5.97 Å². The number of aromatic nitrogens is 2. The summed E-state index contributed by atoms with van der Waals surface area (Å²) in [5.74, 6) is -11.8. The first-order valence-corrected chi connectivity index (χ1v) is 27.8. The van der Waals surface area contributed by atoms with Crippen molar-refractivity contribution in [2.24, 2.45) is 34.0 Å². The van der Waals surface area contributed by atoms with Gasteiger partial charge in [-0.25, -0.2) is 4.98 Å². The number of aliphatic hydroxyl groups excluding tert-OH is 1. The number of ether oxygens (including phenoxy) is 1. The van der Waals surface area contributed by atoms with Crippen LogP contribution in [0, 0.1) is 11.8 Å². The van der Waals surface area contributed by atoms with Gasteiger partial charge in [-0.2, -0.15) is 0 Å². The zero-order valence-electron chi connectivity index (χ0n) is 48.4. The van der Waals surface area contributed by atoms with E-state index in [1.165, 1.54) is 33.5 Å². The molecule has 11 amide bonds. The van der Waals surface area contributed by atoms with Crippen molar-refractivity contribution < 1.29 is 72.5 Å². The van der Waals surface area contributed by atoms with Crippen LogP contribution in [0.4, 0.5) is 0 Å². The number of guanidine groups is 1. The number of H-pyrrole nitrogens is 1. The van der Waals surface area contributed by atoms with Gasteiger partial charge in [-0.05, 0) is 77.0 Å². The molecule has 0 aliphatic carbocycles. The molecule has 1 fully saturated rings. The van der Waals surface area contributed by atoms with E-state index < -0.39 is 151 Å². The third-order valence-electron chi connectivity index (χ3n) is 12.9. The number of methoxy groups -OCH3 is 1. The summed E-state index contributed by atoms with van der Waals surface area (Å²) in [6.45, 7) is 9.65. The molecule has 19 N–H and O–H groups in total. The number of carbonyl (C=O) groups is 12. The lowest BCUT2D eigenvalue weighted by Crippen LogP contribution is -2.61. The molecule has 31 nitrogen and oxygen atoms in total. The number of hydrogen-bond donors (Lipinski definition) is 16. The Morgan fingerprint density at radius 1 is 0.639 bits per heavy atom. The Morgan fingerprint density at radius 2 is 1.14 bits per heavy atom. The number of amides is 11. The molecule has 1 saturated heterocycles. The number of carboxylic acids is 1. The highest BCUT2D eigenvalue weighted by Crippen LogP contribution is 2.12. The predicted molar refractivity (Wildman–Crippen MR) is 299 cm³/mol. The van der Waals surface area contributed by atoms with Gasteiger partial charge in [-0.1, -0.05) is 40.5 Å². The van der Waals surface area contributed by atoms with Crippen LogP contribution in [0.3, 0.4) is 0 Å². The second-order valence-electron chi connectivity index (χ2n) is 21.3. The molecule has 2 heterocycles. The van der Waals surface area contributed by atoms with E-state index in [1.54, 1.807) is 13.8 Å². The lowest BCUT2D eigenvalue weighted by molar-refractivity contribution is -0.139. The Balaban J connectivity index is 2.68. The zero-order chi connectivity index (χ0) is 62.3. The number of aliphatic hydroxyl groups is 1. The first kappa shape index (κ1) is 71.1. The number of nitrogens with zero attached hydrogens (tertiary/aromatic N) is 2. The summed E-state index contributed by atoms with van der Waals surface area (Å²) in [7, 11) is 1.32. The molecular formula is C52H88N16O15. The Morgan fingerprint density at radius 3 is 1.71 bits per heavy atom. The molecule has 1 aliphatic rings. The number of carbonyl (C=O) groups excluding carboxylic acids is 11. The number of aromatic amines is 1. The van der Waals surface area contributed by atoms with E-state index >= 15 is 0 Å². The SMILES string of the molecule is COCC[C@@H]1NC(=O)[C@H](CCCN=C(N)N)NC(=O)[C@H](CCC(=O)O)NC(=O)[C@H]([C@@H](C)O)NC(=O)CCCCCCNC(=O)[C@H](CC(C)C)NC(=O)[C@H](CC(N)=O)NC(=O)[C@H](Cc2cnc[nH]2)NC(=O)[C@H](CC(C)C)NC(=O)[C@H](C)NC1=O. The molecule has 10 atom stereocenters. The molecule has 0 unspecified atom stereocenters.